The zero-order chi connectivity index (χ0) is 26.7. The molecule has 2 amide bonds. The van der Waals surface area contributed by atoms with E-state index in [0.717, 1.165) is 63.9 Å². The van der Waals surface area contributed by atoms with E-state index in [1.165, 1.54) is 5.56 Å². The van der Waals surface area contributed by atoms with E-state index in [9.17, 15) is 13.2 Å². The molecule has 2 N–H and O–H groups in total. The van der Waals surface area contributed by atoms with Gasteiger partial charge in [0.15, 0.2) is 0 Å². The molecular formula is C27H40N4O5S. The molecule has 1 saturated heterocycles. The Morgan fingerprint density at radius 2 is 1.68 bits per heavy atom. The van der Waals surface area contributed by atoms with Crippen LogP contribution in [0.5, 0.6) is 11.5 Å². The fourth-order valence-electron chi connectivity index (χ4n) is 4.39. The average Bonchev–Trinajstić information content (AvgIpc) is 2.87. The number of nitrogens with zero attached hydrogens (tertiary/aromatic N) is 2. The van der Waals surface area contributed by atoms with Gasteiger partial charge in [0.25, 0.3) is 0 Å². The fraction of sp³-hybridized carbons (Fsp3) is 0.519. The lowest BCUT2D eigenvalue weighted by atomic mass is 10.0. The van der Waals surface area contributed by atoms with Gasteiger partial charge in [0.05, 0.1) is 12.9 Å². The van der Waals surface area contributed by atoms with E-state index in [2.05, 4.69) is 34.0 Å². The van der Waals surface area contributed by atoms with E-state index in [-0.39, 0.29) is 12.1 Å². The van der Waals surface area contributed by atoms with Crippen molar-refractivity contribution in [2.75, 3.05) is 50.9 Å². The number of carbonyl (C=O) groups is 1. The predicted molar refractivity (Wildman–Crippen MR) is 147 cm³/mol. The summed E-state index contributed by atoms with van der Waals surface area (Å²) in [4.78, 5) is 17.2. The molecule has 0 saturated carbocycles. The molecule has 9 nitrogen and oxygen atoms in total. The Labute approximate surface area is 221 Å². The Morgan fingerprint density at radius 3 is 2.24 bits per heavy atom. The molecule has 0 aromatic heterocycles. The van der Waals surface area contributed by atoms with Crippen molar-refractivity contribution in [1.82, 2.24) is 15.1 Å². The molecule has 0 atom stereocenters. The van der Waals surface area contributed by atoms with Crippen molar-refractivity contribution in [3.8, 4) is 11.5 Å². The average molecular weight is 533 g/mol. The predicted octanol–water partition coefficient (Wildman–Crippen LogP) is 4.27. The smallest absolute Gasteiger partial charge is 0.317 e. The Morgan fingerprint density at radius 1 is 1.05 bits per heavy atom. The van der Waals surface area contributed by atoms with E-state index >= 15 is 0 Å². The van der Waals surface area contributed by atoms with Gasteiger partial charge in [0, 0.05) is 51.6 Å². The first-order valence-electron chi connectivity index (χ1n) is 12.9. The SMILES string of the molecule is CCCCN(C(=O)NCCOC)C1CCN(Cc2ccc(Oc3ccc(NS(C)(=O)=O)cc3)cc2)CC1. The maximum Gasteiger partial charge on any atom is 0.317 e. The molecule has 2 aromatic rings. The Hall–Kier alpha value is -2.82. The van der Waals surface area contributed by atoms with E-state index in [4.69, 9.17) is 9.47 Å². The number of hydrogen-bond acceptors (Lipinski definition) is 6. The molecule has 204 valence electrons. The molecule has 1 fully saturated rings. The molecule has 0 aliphatic carbocycles. The zero-order valence-corrected chi connectivity index (χ0v) is 22.9. The molecule has 1 aliphatic rings. The maximum atomic E-state index is 12.7. The number of anilines is 1. The number of methoxy groups -OCH3 is 1. The number of likely N-dealkylation sites (tertiary alicyclic amines) is 1. The lowest BCUT2D eigenvalue weighted by Gasteiger charge is -2.38. The highest BCUT2D eigenvalue weighted by Gasteiger charge is 2.27. The van der Waals surface area contributed by atoms with Crippen molar-refractivity contribution in [2.45, 2.75) is 45.2 Å². The van der Waals surface area contributed by atoms with Gasteiger partial charge in [-0.3, -0.25) is 9.62 Å². The van der Waals surface area contributed by atoms with Gasteiger partial charge in [0.2, 0.25) is 10.0 Å². The quantitative estimate of drug-likeness (QED) is 0.374. The first-order chi connectivity index (χ1) is 17.8. The van der Waals surface area contributed by atoms with E-state index in [1.54, 1.807) is 31.4 Å². The Kier molecular flexibility index (Phi) is 11.0. The zero-order valence-electron chi connectivity index (χ0n) is 22.1. The van der Waals surface area contributed by atoms with Crippen LogP contribution in [0.3, 0.4) is 0 Å². The second-order valence-corrected chi connectivity index (χ2v) is 11.2. The molecule has 0 radical (unpaired) electrons. The van der Waals surface area contributed by atoms with Crippen LogP contribution in [0.2, 0.25) is 0 Å². The number of urea groups is 1. The second kappa shape index (κ2) is 14.2. The van der Waals surface area contributed by atoms with Crippen molar-refractivity contribution in [1.29, 1.82) is 0 Å². The van der Waals surface area contributed by atoms with Gasteiger partial charge in [0.1, 0.15) is 11.5 Å². The number of sulfonamides is 1. The van der Waals surface area contributed by atoms with Gasteiger partial charge in [-0.25, -0.2) is 13.2 Å². The molecule has 0 bridgehead atoms. The summed E-state index contributed by atoms with van der Waals surface area (Å²) in [5, 5.41) is 2.98. The molecular weight excluding hydrogens is 492 g/mol. The van der Waals surface area contributed by atoms with Gasteiger partial charge in [-0.15, -0.1) is 0 Å². The number of hydrogen-bond donors (Lipinski definition) is 2. The monoisotopic (exact) mass is 532 g/mol. The molecule has 0 unspecified atom stereocenters. The number of nitrogens with one attached hydrogen (secondary N) is 2. The van der Waals surface area contributed by atoms with Crippen LogP contribution in [0.1, 0.15) is 38.2 Å². The third-order valence-electron chi connectivity index (χ3n) is 6.32. The van der Waals surface area contributed by atoms with Crippen LogP contribution < -0.4 is 14.8 Å². The minimum Gasteiger partial charge on any atom is -0.457 e. The van der Waals surface area contributed by atoms with Crippen molar-refractivity contribution in [3.63, 3.8) is 0 Å². The summed E-state index contributed by atoms with van der Waals surface area (Å²) >= 11 is 0. The van der Waals surface area contributed by atoms with Crippen LogP contribution in [-0.2, 0) is 21.3 Å². The molecule has 1 heterocycles. The number of benzene rings is 2. The molecule has 10 heteroatoms. The highest BCUT2D eigenvalue weighted by molar-refractivity contribution is 7.92. The van der Waals surface area contributed by atoms with Crippen LogP contribution in [0.15, 0.2) is 48.5 Å². The van der Waals surface area contributed by atoms with Gasteiger partial charge >= 0.3 is 6.03 Å². The lowest BCUT2D eigenvalue weighted by molar-refractivity contribution is 0.114. The van der Waals surface area contributed by atoms with Crippen molar-refractivity contribution < 1.29 is 22.7 Å². The summed E-state index contributed by atoms with van der Waals surface area (Å²) in [5.41, 5.74) is 1.70. The third-order valence-corrected chi connectivity index (χ3v) is 6.92. The third kappa shape index (κ3) is 9.87. The molecule has 3 rings (SSSR count). The van der Waals surface area contributed by atoms with Crippen LogP contribution >= 0.6 is 0 Å². The Balaban J connectivity index is 1.48. The summed E-state index contributed by atoms with van der Waals surface area (Å²) in [6.45, 7) is 6.74. The lowest BCUT2D eigenvalue weighted by Crippen LogP contribution is -2.51. The summed E-state index contributed by atoms with van der Waals surface area (Å²) in [5.74, 6) is 1.35. The van der Waals surface area contributed by atoms with Crippen LogP contribution in [0, 0.1) is 0 Å². The first-order valence-corrected chi connectivity index (χ1v) is 14.8. The van der Waals surface area contributed by atoms with Crippen LogP contribution in [0.4, 0.5) is 10.5 Å². The standard InChI is InChI=1S/C27H40N4O5S/c1-4-5-17-31(27(32)28-16-20-35-2)24-14-18-30(19-15-24)21-22-6-10-25(11-7-22)36-26-12-8-23(9-13-26)29-37(3,33)34/h6-13,24,29H,4-5,14-21H2,1-3H3,(H,28,32). The van der Waals surface area contributed by atoms with E-state index < -0.39 is 10.0 Å². The molecule has 37 heavy (non-hydrogen) atoms. The minimum atomic E-state index is -3.30. The van der Waals surface area contributed by atoms with Gasteiger partial charge < -0.3 is 19.7 Å². The summed E-state index contributed by atoms with van der Waals surface area (Å²) < 4.78 is 36.1. The fourth-order valence-corrected chi connectivity index (χ4v) is 4.96. The van der Waals surface area contributed by atoms with Crippen molar-refractivity contribution in [2.24, 2.45) is 0 Å². The summed E-state index contributed by atoms with van der Waals surface area (Å²) in [7, 11) is -1.67. The van der Waals surface area contributed by atoms with Crippen molar-refractivity contribution >= 4 is 21.7 Å². The number of carbonyl (C=O) groups excluding carboxylic acids is 1. The number of ether oxygens (including phenoxy) is 2. The minimum absolute atomic E-state index is 0.0147. The largest absolute Gasteiger partial charge is 0.457 e. The van der Waals surface area contributed by atoms with E-state index in [0.29, 0.717) is 24.6 Å². The number of piperidine rings is 1. The van der Waals surface area contributed by atoms with E-state index in [1.807, 2.05) is 17.0 Å². The number of amides is 2. The first kappa shape index (κ1) is 28.7. The summed E-state index contributed by atoms with van der Waals surface area (Å²) in [6, 6.07) is 15.1. The van der Waals surface area contributed by atoms with Gasteiger partial charge in [-0.1, -0.05) is 25.5 Å². The summed E-state index contributed by atoms with van der Waals surface area (Å²) in [6.07, 6.45) is 5.12. The second-order valence-electron chi connectivity index (χ2n) is 9.42. The molecule has 1 aliphatic heterocycles. The van der Waals surface area contributed by atoms with Crippen LogP contribution in [0.25, 0.3) is 0 Å². The van der Waals surface area contributed by atoms with Gasteiger partial charge in [-0.05, 0) is 61.2 Å². The number of unbranched alkanes of at least 4 members (excludes halogenated alkanes) is 1. The van der Waals surface area contributed by atoms with Crippen LogP contribution in [-0.4, -0.2) is 76.4 Å². The highest BCUT2D eigenvalue weighted by atomic mass is 32.2. The maximum absolute atomic E-state index is 12.7. The van der Waals surface area contributed by atoms with Gasteiger partial charge in [-0.2, -0.15) is 0 Å². The molecule has 0 spiro atoms. The van der Waals surface area contributed by atoms with Crippen molar-refractivity contribution in [3.05, 3.63) is 54.1 Å². The number of rotatable bonds is 13. The topological polar surface area (TPSA) is 100 Å². The molecule has 2 aromatic carbocycles. The normalized spacial score (nSPS) is 14.8. The highest BCUT2D eigenvalue weighted by Crippen LogP contribution is 2.25. The Bertz CT molecular complexity index is 1070.